The molecule has 0 saturated carbocycles. The first-order valence-corrected chi connectivity index (χ1v) is 3.77. The topological polar surface area (TPSA) is 0 Å². The van der Waals surface area contributed by atoms with Crippen LogP contribution in [0.1, 0.15) is 16.7 Å². The third-order valence-electron chi connectivity index (χ3n) is 1.73. The molecule has 0 aliphatic carbocycles. The number of allylic oxidation sites excluding steroid dienone is 1. The van der Waals surface area contributed by atoms with Crippen LogP contribution in [-0.2, 0) is 0 Å². The largest absolute Gasteiger partial charge is 0.0836 e. The quantitative estimate of drug-likeness (QED) is 0.569. The highest BCUT2D eigenvalue weighted by Crippen LogP contribution is 2.11. The van der Waals surface area contributed by atoms with E-state index in [4.69, 9.17) is 0 Å². The molecule has 0 unspecified atom stereocenters. The summed E-state index contributed by atoms with van der Waals surface area (Å²) in [5.41, 5.74) is 3.86. The summed E-state index contributed by atoms with van der Waals surface area (Å²) in [6, 6.07) is 6.41. The van der Waals surface area contributed by atoms with Gasteiger partial charge in [0.1, 0.15) is 0 Å². The van der Waals surface area contributed by atoms with Gasteiger partial charge in [-0.25, -0.2) is 0 Å². The zero-order chi connectivity index (χ0) is 8.27. The second-order valence-electron chi connectivity index (χ2n) is 2.76. The van der Waals surface area contributed by atoms with Gasteiger partial charge in [-0.3, -0.25) is 0 Å². The fourth-order valence-corrected chi connectivity index (χ4v) is 1.07. The minimum Gasteiger partial charge on any atom is -0.0836 e. The molecule has 0 fully saturated rings. The molecule has 0 nitrogen and oxygen atoms in total. The van der Waals surface area contributed by atoms with Gasteiger partial charge in [-0.2, -0.15) is 0 Å². The third-order valence-corrected chi connectivity index (χ3v) is 1.73. The Morgan fingerprint density at radius 2 is 2.00 bits per heavy atom. The second kappa shape index (κ2) is 3.38. The van der Waals surface area contributed by atoms with Crippen molar-refractivity contribution in [3.05, 3.63) is 47.9 Å². The van der Waals surface area contributed by atoms with E-state index in [0.717, 1.165) is 0 Å². The van der Waals surface area contributed by atoms with Crippen LogP contribution in [0.15, 0.2) is 24.3 Å². The van der Waals surface area contributed by atoms with Crippen molar-refractivity contribution in [2.24, 2.45) is 0 Å². The van der Waals surface area contributed by atoms with Crippen LogP contribution in [0.25, 0.3) is 6.08 Å². The van der Waals surface area contributed by atoms with Gasteiger partial charge in [0.25, 0.3) is 0 Å². The molecule has 1 rings (SSSR count). The van der Waals surface area contributed by atoms with Crippen molar-refractivity contribution in [2.45, 2.75) is 13.8 Å². The van der Waals surface area contributed by atoms with E-state index in [1.165, 1.54) is 16.7 Å². The molecule has 0 aliphatic heterocycles. The highest BCUT2D eigenvalue weighted by Gasteiger charge is 1.92. The Kier molecular flexibility index (Phi) is 2.48. The van der Waals surface area contributed by atoms with Crippen LogP contribution in [0.3, 0.4) is 0 Å². The van der Waals surface area contributed by atoms with Gasteiger partial charge in [0.05, 0.1) is 0 Å². The van der Waals surface area contributed by atoms with Crippen LogP contribution in [0.2, 0.25) is 0 Å². The Morgan fingerprint density at radius 1 is 1.27 bits per heavy atom. The van der Waals surface area contributed by atoms with Crippen molar-refractivity contribution < 1.29 is 0 Å². The molecule has 0 spiro atoms. The van der Waals surface area contributed by atoms with Crippen LogP contribution in [0.5, 0.6) is 0 Å². The van der Waals surface area contributed by atoms with Crippen molar-refractivity contribution in [2.75, 3.05) is 0 Å². The van der Waals surface area contributed by atoms with Gasteiger partial charge in [-0.15, -0.1) is 0 Å². The Balaban J connectivity index is 3.12. The molecule has 0 atom stereocenters. The normalized spacial score (nSPS) is 10.8. The maximum absolute atomic E-state index is 3.67. The summed E-state index contributed by atoms with van der Waals surface area (Å²) in [5, 5.41) is 0. The van der Waals surface area contributed by atoms with Gasteiger partial charge in [0, 0.05) is 0 Å². The van der Waals surface area contributed by atoms with Gasteiger partial charge in [0.15, 0.2) is 0 Å². The Labute approximate surface area is 68.6 Å². The molecule has 11 heavy (non-hydrogen) atoms. The van der Waals surface area contributed by atoms with Gasteiger partial charge in [-0.05, 0) is 31.9 Å². The summed E-state index contributed by atoms with van der Waals surface area (Å²) < 4.78 is 0. The lowest BCUT2D eigenvalue weighted by atomic mass is 10.1. The lowest BCUT2D eigenvalue weighted by Gasteiger charge is -2.00. The second-order valence-corrected chi connectivity index (χ2v) is 2.76. The third kappa shape index (κ3) is 1.94. The smallest absolute Gasteiger partial charge is 0.0228 e. The van der Waals surface area contributed by atoms with Gasteiger partial charge >= 0.3 is 0 Å². The summed E-state index contributed by atoms with van der Waals surface area (Å²) in [4.78, 5) is 0. The molecule has 0 bridgehead atoms. The van der Waals surface area contributed by atoms with Crippen molar-refractivity contribution in [3.63, 3.8) is 0 Å². The molecule has 0 aromatic heterocycles. The summed E-state index contributed by atoms with van der Waals surface area (Å²) in [7, 11) is 0. The monoisotopic (exact) mass is 145 g/mol. The molecule has 0 aliphatic rings. The molecule has 1 radical (unpaired) electrons. The molecule has 1 aromatic carbocycles. The predicted molar refractivity (Wildman–Crippen MR) is 50.3 cm³/mol. The number of hydrogen-bond acceptors (Lipinski definition) is 0. The minimum atomic E-state index is 1.26. The average Bonchev–Trinajstić information content (AvgIpc) is 1.98. The maximum Gasteiger partial charge on any atom is -0.0228 e. The SMILES string of the molecule is [CH2]/C=C/c1cc(C)ccc1C. The van der Waals surface area contributed by atoms with Crippen LogP contribution in [0.4, 0.5) is 0 Å². The molecular weight excluding hydrogens is 132 g/mol. The van der Waals surface area contributed by atoms with Crippen molar-refractivity contribution in [3.8, 4) is 0 Å². The summed E-state index contributed by atoms with van der Waals surface area (Å²) in [6.07, 6.45) is 3.85. The van der Waals surface area contributed by atoms with E-state index in [9.17, 15) is 0 Å². The first-order valence-electron chi connectivity index (χ1n) is 3.77. The molecule has 0 heterocycles. The molecule has 1 aromatic rings. The summed E-state index contributed by atoms with van der Waals surface area (Å²) in [6.45, 7) is 7.87. The molecule has 0 amide bonds. The molecule has 0 heteroatoms. The van der Waals surface area contributed by atoms with Crippen LogP contribution in [-0.4, -0.2) is 0 Å². The summed E-state index contributed by atoms with van der Waals surface area (Å²) >= 11 is 0. The van der Waals surface area contributed by atoms with Crippen LogP contribution < -0.4 is 0 Å². The fourth-order valence-electron chi connectivity index (χ4n) is 1.07. The summed E-state index contributed by atoms with van der Waals surface area (Å²) in [5.74, 6) is 0. The lowest BCUT2D eigenvalue weighted by molar-refractivity contribution is 1.38. The van der Waals surface area contributed by atoms with Crippen molar-refractivity contribution in [1.82, 2.24) is 0 Å². The Bertz CT molecular complexity index is 269. The van der Waals surface area contributed by atoms with Crippen molar-refractivity contribution >= 4 is 6.08 Å². The lowest BCUT2D eigenvalue weighted by Crippen LogP contribution is -1.81. The van der Waals surface area contributed by atoms with E-state index in [0.29, 0.717) is 0 Å². The first-order chi connectivity index (χ1) is 5.24. The Morgan fingerprint density at radius 3 is 2.64 bits per heavy atom. The average molecular weight is 145 g/mol. The van der Waals surface area contributed by atoms with Crippen LogP contribution >= 0.6 is 0 Å². The van der Waals surface area contributed by atoms with E-state index in [2.05, 4.69) is 39.0 Å². The molecular formula is C11H13. The van der Waals surface area contributed by atoms with E-state index in [1.807, 2.05) is 12.2 Å². The molecule has 0 saturated heterocycles. The molecule has 0 N–H and O–H groups in total. The van der Waals surface area contributed by atoms with Gasteiger partial charge in [-0.1, -0.05) is 35.9 Å². The van der Waals surface area contributed by atoms with E-state index in [1.54, 1.807) is 0 Å². The van der Waals surface area contributed by atoms with E-state index >= 15 is 0 Å². The minimum absolute atomic E-state index is 1.26. The van der Waals surface area contributed by atoms with E-state index in [-0.39, 0.29) is 0 Å². The molecule has 57 valence electrons. The van der Waals surface area contributed by atoms with E-state index < -0.39 is 0 Å². The fraction of sp³-hybridized carbons (Fsp3) is 0.182. The number of aryl methyl sites for hydroxylation is 2. The van der Waals surface area contributed by atoms with Crippen LogP contribution in [0, 0.1) is 20.8 Å². The zero-order valence-electron chi connectivity index (χ0n) is 7.09. The first kappa shape index (κ1) is 8.06. The number of benzene rings is 1. The maximum atomic E-state index is 3.67. The van der Waals surface area contributed by atoms with Gasteiger partial charge in [0.2, 0.25) is 0 Å². The van der Waals surface area contributed by atoms with Crippen molar-refractivity contribution in [1.29, 1.82) is 0 Å². The zero-order valence-corrected chi connectivity index (χ0v) is 7.09. The number of hydrogen-bond donors (Lipinski definition) is 0. The highest BCUT2D eigenvalue weighted by atomic mass is 14.0. The predicted octanol–water partition coefficient (Wildman–Crippen LogP) is 3.15. The van der Waals surface area contributed by atoms with Gasteiger partial charge < -0.3 is 0 Å². The Hall–Kier alpha value is -1.04. The number of rotatable bonds is 1. The highest BCUT2D eigenvalue weighted by molar-refractivity contribution is 5.54. The standard InChI is InChI=1S/C11H13/c1-4-5-11-8-9(2)6-7-10(11)3/h4-8H,1H2,2-3H3/b5-4+.